The van der Waals surface area contributed by atoms with Crippen molar-refractivity contribution in [3.05, 3.63) is 68.3 Å². The van der Waals surface area contributed by atoms with Crippen LogP contribution in [-0.2, 0) is 16.6 Å². The lowest BCUT2D eigenvalue weighted by atomic mass is 10.2. The van der Waals surface area contributed by atoms with Crippen molar-refractivity contribution in [1.29, 1.82) is 0 Å². The van der Waals surface area contributed by atoms with Crippen molar-refractivity contribution in [2.24, 2.45) is 0 Å². The van der Waals surface area contributed by atoms with Gasteiger partial charge in [0.15, 0.2) is 0 Å². The van der Waals surface area contributed by atoms with Crippen LogP contribution < -0.4 is 0 Å². The quantitative estimate of drug-likeness (QED) is 0.532. The molecule has 3 rings (SSSR count). The van der Waals surface area contributed by atoms with E-state index in [4.69, 9.17) is 23.2 Å². The van der Waals surface area contributed by atoms with Crippen LogP contribution in [0.3, 0.4) is 0 Å². The smallest absolute Gasteiger partial charge is 0.289 e. The first-order valence-corrected chi connectivity index (χ1v) is 9.05. The molecule has 130 valence electrons. The molecular formula is C15H10Cl2N2O5S. The van der Waals surface area contributed by atoms with Crippen LogP contribution in [-0.4, -0.2) is 22.4 Å². The van der Waals surface area contributed by atoms with E-state index in [0.717, 1.165) is 16.1 Å². The third-order valence-electron chi connectivity index (χ3n) is 3.66. The molecule has 0 saturated carbocycles. The van der Waals surface area contributed by atoms with Gasteiger partial charge < -0.3 is 5.11 Å². The Kier molecular flexibility index (Phi) is 4.46. The number of nitro groups is 1. The van der Waals surface area contributed by atoms with E-state index in [-0.39, 0.29) is 16.5 Å². The molecule has 0 aliphatic carbocycles. The highest BCUT2D eigenvalue weighted by atomic mass is 35.5. The first-order valence-electron chi connectivity index (χ1n) is 6.85. The minimum atomic E-state index is -4.14. The second kappa shape index (κ2) is 6.30. The van der Waals surface area contributed by atoms with Crippen LogP contribution in [0.15, 0.2) is 47.5 Å². The Labute approximate surface area is 152 Å². The lowest BCUT2D eigenvalue weighted by Gasteiger charge is -2.08. The summed E-state index contributed by atoms with van der Waals surface area (Å²) < 4.78 is 26.8. The lowest BCUT2D eigenvalue weighted by Crippen LogP contribution is -2.12. The molecule has 10 heteroatoms. The summed E-state index contributed by atoms with van der Waals surface area (Å²) in [6.07, 6.45) is 1.26. The van der Waals surface area contributed by atoms with Crippen molar-refractivity contribution in [1.82, 2.24) is 3.97 Å². The van der Waals surface area contributed by atoms with Crippen molar-refractivity contribution in [3.8, 4) is 0 Å². The number of benzene rings is 2. The number of aromatic nitrogens is 1. The summed E-state index contributed by atoms with van der Waals surface area (Å²) in [5, 5.41) is 21.2. The Bertz CT molecular complexity index is 1110. The number of aliphatic hydroxyl groups excluding tert-OH is 1. The van der Waals surface area contributed by atoms with Crippen LogP contribution in [0.4, 0.5) is 5.69 Å². The van der Waals surface area contributed by atoms with Gasteiger partial charge in [-0.15, -0.1) is 0 Å². The normalized spacial score (nSPS) is 11.8. The van der Waals surface area contributed by atoms with Crippen LogP contribution in [0.5, 0.6) is 0 Å². The molecule has 0 fully saturated rings. The summed E-state index contributed by atoms with van der Waals surface area (Å²) in [5.74, 6) is 0. The molecule has 0 atom stereocenters. The molecular weight excluding hydrogens is 391 g/mol. The van der Waals surface area contributed by atoms with Gasteiger partial charge in [0.05, 0.1) is 21.9 Å². The van der Waals surface area contributed by atoms with E-state index in [1.54, 1.807) is 6.07 Å². The van der Waals surface area contributed by atoms with E-state index in [9.17, 15) is 23.6 Å². The highest BCUT2D eigenvalue weighted by molar-refractivity contribution is 7.90. The standard InChI is InChI=1S/C15H10Cl2N2O5S/c16-10-1-4-14-12(5-10)9(8-20)7-18(14)25(23,24)11-2-3-13(17)15(6-11)19(21)22/h1-7,20H,8H2. The second-order valence-electron chi connectivity index (χ2n) is 5.15. The van der Waals surface area contributed by atoms with Crippen molar-refractivity contribution >= 4 is 49.8 Å². The Balaban J connectivity index is 2.27. The summed E-state index contributed by atoms with van der Waals surface area (Å²) >= 11 is 11.7. The maximum atomic E-state index is 12.9. The van der Waals surface area contributed by atoms with E-state index in [1.807, 2.05) is 0 Å². The van der Waals surface area contributed by atoms with Crippen LogP contribution in [0.25, 0.3) is 10.9 Å². The van der Waals surface area contributed by atoms with Gasteiger partial charge in [-0.3, -0.25) is 10.1 Å². The molecule has 2 aromatic carbocycles. The number of hydrogen-bond donors (Lipinski definition) is 1. The van der Waals surface area contributed by atoms with Gasteiger partial charge in [0.1, 0.15) is 5.02 Å². The van der Waals surface area contributed by atoms with Crippen LogP contribution in [0, 0.1) is 10.1 Å². The summed E-state index contributed by atoms with van der Waals surface area (Å²) in [6.45, 7) is -0.389. The van der Waals surface area contributed by atoms with Gasteiger partial charge in [-0.1, -0.05) is 23.2 Å². The molecule has 1 N–H and O–H groups in total. The maximum absolute atomic E-state index is 12.9. The Morgan fingerprint density at radius 3 is 2.52 bits per heavy atom. The van der Waals surface area contributed by atoms with Gasteiger partial charge in [0, 0.05) is 28.2 Å². The third kappa shape index (κ3) is 2.98. The van der Waals surface area contributed by atoms with Gasteiger partial charge in [0.2, 0.25) is 0 Å². The minimum absolute atomic E-state index is 0.163. The second-order valence-corrected chi connectivity index (χ2v) is 7.80. The molecule has 7 nitrogen and oxygen atoms in total. The number of rotatable bonds is 4. The van der Waals surface area contributed by atoms with Gasteiger partial charge in [-0.2, -0.15) is 0 Å². The summed E-state index contributed by atoms with van der Waals surface area (Å²) in [5.41, 5.74) is 0.153. The summed E-state index contributed by atoms with van der Waals surface area (Å²) in [7, 11) is -4.14. The number of hydrogen-bond acceptors (Lipinski definition) is 5. The van der Waals surface area contributed by atoms with E-state index in [1.165, 1.54) is 24.4 Å². The highest BCUT2D eigenvalue weighted by Crippen LogP contribution is 2.31. The zero-order valence-electron chi connectivity index (χ0n) is 12.4. The molecule has 3 aromatic rings. The molecule has 0 saturated heterocycles. The van der Waals surface area contributed by atoms with E-state index in [0.29, 0.717) is 21.5 Å². The average molecular weight is 401 g/mol. The molecule has 1 heterocycles. The zero-order chi connectivity index (χ0) is 18.4. The van der Waals surface area contributed by atoms with E-state index in [2.05, 4.69) is 0 Å². The molecule has 25 heavy (non-hydrogen) atoms. The first kappa shape index (κ1) is 17.7. The molecule has 0 unspecified atom stereocenters. The predicted octanol–water partition coefficient (Wildman–Crippen LogP) is 3.59. The van der Waals surface area contributed by atoms with Crippen molar-refractivity contribution in [3.63, 3.8) is 0 Å². The highest BCUT2D eigenvalue weighted by Gasteiger charge is 2.24. The largest absolute Gasteiger partial charge is 0.392 e. The van der Waals surface area contributed by atoms with Crippen molar-refractivity contribution in [2.45, 2.75) is 11.5 Å². The van der Waals surface area contributed by atoms with E-state index < -0.39 is 20.6 Å². The average Bonchev–Trinajstić information content (AvgIpc) is 2.93. The molecule has 0 aliphatic heterocycles. The monoisotopic (exact) mass is 400 g/mol. The van der Waals surface area contributed by atoms with Crippen LogP contribution >= 0.6 is 23.2 Å². The Hall–Kier alpha value is -2.13. The Morgan fingerprint density at radius 2 is 1.88 bits per heavy atom. The SMILES string of the molecule is O=[N+]([O-])c1cc(S(=O)(=O)n2cc(CO)c3cc(Cl)ccc32)ccc1Cl. The third-order valence-corrected chi connectivity index (χ3v) is 5.88. The number of aliphatic hydroxyl groups is 1. The summed E-state index contributed by atoms with van der Waals surface area (Å²) in [4.78, 5) is 9.96. The molecule has 0 spiro atoms. The number of fused-ring (bicyclic) bond motifs is 1. The van der Waals surface area contributed by atoms with Gasteiger partial charge >= 0.3 is 0 Å². The first-order chi connectivity index (χ1) is 11.8. The van der Waals surface area contributed by atoms with E-state index >= 15 is 0 Å². The number of halogens is 2. The summed E-state index contributed by atoms with van der Waals surface area (Å²) in [6, 6.07) is 7.80. The minimum Gasteiger partial charge on any atom is -0.392 e. The number of nitro benzene ring substituents is 1. The topological polar surface area (TPSA) is 102 Å². The Morgan fingerprint density at radius 1 is 1.16 bits per heavy atom. The molecule has 0 amide bonds. The molecule has 0 bridgehead atoms. The molecule has 0 radical (unpaired) electrons. The van der Waals surface area contributed by atoms with Gasteiger partial charge in [-0.05, 0) is 30.3 Å². The van der Waals surface area contributed by atoms with Crippen molar-refractivity contribution < 1.29 is 18.4 Å². The fourth-order valence-corrected chi connectivity index (χ4v) is 4.24. The number of nitrogens with zero attached hydrogens (tertiary/aromatic N) is 2. The van der Waals surface area contributed by atoms with Crippen LogP contribution in [0.2, 0.25) is 10.0 Å². The van der Waals surface area contributed by atoms with Crippen LogP contribution in [0.1, 0.15) is 5.56 Å². The van der Waals surface area contributed by atoms with Gasteiger partial charge in [0.25, 0.3) is 15.7 Å². The molecule has 0 aliphatic rings. The molecule has 1 aromatic heterocycles. The van der Waals surface area contributed by atoms with Gasteiger partial charge in [-0.25, -0.2) is 12.4 Å². The maximum Gasteiger partial charge on any atom is 0.289 e. The fourth-order valence-electron chi connectivity index (χ4n) is 2.47. The zero-order valence-corrected chi connectivity index (χ0v) is 14.7. The predicted molar refractivity (Wildman–Crippen MR) is 93.6 cm³/mol. The lowest BCUT2D eigenvalue weighted by molar-refractivity contribution is -0.384. The fraction of sp³-hybridized carbons (Fsp3) is 0.0667. The van der Waals surface area contributed by atoms with Crippen molar-refractivity contribution in [2.75, 3.05) is 0 Å².